The van der Waals surface area contributed by atoms with Crippen molar-refractivity contribution in [2.75, 3.05) is 41.5 Å². The second-order valence-electron chi connectivity index (χ2n) is 7.14. The van der Waals surface area contributed by atoms with Gasteiger partial charge in [0.25, 0.3) is 0 Å². The molecule has 1 N–H and O–H groups in total. The zero-order valence-corrected chi connectivity index (χ0v) is 19.1. The Morgan fingerprint density at radius 3 is 2.04 bits per heavy atom. The Morgan fingerprint density at radius 1 is 1.04 bits per heavy atom. The maximum Gasteiger partial charge on any atom is 0.203 e. The predicted octanol–water partition coefficient (Wildman–Crippen LogP) is 3.53. The largest absolute Gasteiger partial charge is 0.493 e. The third-order valence-electron chi connectivity index (χ3n) is 5.66. The van der Waals surface area contributed by atoms with E-state index in [1.165, 1.54) is 25.7 Å². The third-order valence-corrected chi connectivity index (χ3v) is 5.66. The topological polar surface area (TPSA) is 55.3 Å². The Morgan fingerprint density at radius 2 is 1.59 bits per heavy atom. The molecule has 1 aliphatic carbocycles. The maximum atomic E-state index is 5.44. The van der Waals surface area contributed by atoms with E-state index in [1.807, 2.05) is 19.2 Å². The number of methoxy groups -OCH3 is 3. The summed E-state index contributed by atoms with van der Waals surface area (Å²) >= 11 is 0. The molecule has 27 heavy (non-hydrogen) atoms. The monoisotopic (exact) mass is 489 g/mol. The summed E-state index contributed by atoms with van der Waals surface area (Å²) in [4.78, 5) is 6.92. The molecule has 1 heterocycles. The number of likely N-dealkylation sites (tertiary alicyclic amines) is 1. The minimum absolute atomic E-state index is 0. The molecule has 152 valence electrons. The second-order valence-corrected chi connectivity index (χ2v) is 7.14. The van der Waals surface area contributed by atoms with Gasteiger partial charge in [-0.25, -0.2) is 0 Å². The van der Waals surface area contributed by atoms with E-state index in [0.717, 1.165) is 36.4 Å². The first kappa shape index (κ1) is 21.9. The molecule has 0 amide bonds. The highest BCUT2D eigenvalue weighted by Gasteiger charge is 2.35. The molecule has 2 atom stereocenters. The van der Waals surface area contributed by atoms with Crippen LogP contribution >= 0.6 is 24.0 Å². The van der Waals surface area contributed by atoms with Crippen molar-refractivity contribution >= 4 is 29.9 Å². The first-order valence-electron chi connectivity index (χ1n) is 9.44. The number of ether oxygens (including phenoxy) is 3. The van der Waals surface area contributed by atoms with Crippen molar-refractivity contribution < 1.29 is 14.2 Å². The van der Waals surface area contributed by atoms with E-state index in [4.69, 9.17) is 14.2 Å². The van der Waals surface area contributed by atoms with Crippen LogP contribution in [0.25, 0.3) is 0 Å². The van der Waals surface area contributed by atoms with Crippen LogP contribution in [0.1, 0.15) is 31.2 Å². The van der Waals surface area contributed by atoms with Crippen LogP contribution in [0.5, 0.6) is 17.2 Å². The van der Waals surface area contributed by atoms with Gasteiger partial charge in [-0.15, -0.1) is 24.0 Å². The molecule has 1 aromatic carbocycles. The molecule has 2 fully saturated rings. The van der Waals surface area contributed by atoms with Crippen molar-refractivity contribution in [1.29, 1.82) is 0 Å². The zero-order chi connectivity index (χ0) is 18.5. The standard InChI is InChI=1S/C20H31N3O3.HI/c1-21-20(23-12-15-7-5-6-8-16(15)13-23)22-11-14-9-17(24-2)19(26-4)18(10-14)25-3;/h9-10,15-16H,5-8,11-13H2,1-4H3,(H,21,22);1H. The number of hydrogen-bond donors (Lipinski definition) is 1. The van der Waals surface area contributed by atoms with Crippen molar-refractivity contribution in [3.63, 3.8) is 0 Å². The van der Waals surface area contributed by atoms with Gasteiger partial charge in [0, 0.05) is 26.7 Å². The summed E-state index contributed by atoms with van der Waals surface area (Å²) < 4.78 is 16.3. The predicted molar refractivity (Wildman–Crippen MR) is 119 cm³/mol. The number of guanidine groups is 1. The molecule has 0 aromatic heterocycles. The SMILES string of the molecule is CN=C(NCc1cc(OC)c(OC)c(OC)c1)N1CC2CCCCC2C1.I. The lowest BCUT2D eigenvalue weighted by atomic mass is 9.82. The van der Waals surface area contributed by atoms with Crippen LogP contribution in [0.15, 0.2) is 17.1 Å². The van der Waals surface area contributed by atoms with Gasteiger partial charge in [-0.1, -0.05) is 12.8 Å². The van der Waals surface area contributed by atoms with Crippen LogP contribution < -0.4 is 19.5 Å². The molecule has 1 aliphatic heterocycles. The van der Waals surface area contributed by atoms with E-state index in [-0.39, 0.29) is 24.0 Å². The highest BCUT2D eigenvalue weighted by Crippen LogP contribution is 2.38. The van der Waals surface area contributed by atoms with Crippen LogP contribution in [-0.2, 0) is 6.54 Å². The van der Waals surface area contributed by atoms with Crippen LogP contribution in [0.3, 0.4) is 0 Å². The minimum Gasteiger partial charge on any atom is -0.493 e. The molecule has 7 heteroatoms. The Balaban J connectivity index is 0.00000261. The van der Waals surface area contributed by atoms with E-state index in [9.17, 15) is 0 Å². The van der Waals surface area contributed by atoms with Crippen LogP contribution in [0.2, 0.25) is 0 Å². The Labute approximate surface area is 179 Å². The first-order chi connectivity index (χ1) is 12.7. The lowest BCUT2D eigenvalue weighted by Crippen LogP contribution is -2.39. The summed E-state index contributed by atoms with van der Waals surface area (Å²) in [6, 6.07) is 3.96. The minimum atomic E-state index is 0. The van der Waals surface area contributed by atoms with Gasteiger partial charge in [0.15, 0.2) is 17.5 Å². The smallest absolute Gasteiger partial charge is 0.203 e. The van der Waals surface area contributed by atoms with Crippen LogP contribution in [0, 0.1) is 11.8 Å². The Bertz CT molecular complexity index is 614. The lowest BCUT2D eigenvalue weighted by Gasteiger charge is -2.22. The van der Waals surface area contributed by atoms with Crippen molar-refractivity contribution in [1.82, 2.24) is 10.2 Å². The summed E-state index contributed by atoms with van der Waals surface area (Å²) in [6.45, 7) is 2.91. The quantitative estimate of drug-likeness (QED) is 0.390. The Kier molecular flexibility index (Phi) is 8.31. The summed E-state index contributed by atoms with van der Waals surface area (Å²) in [5.74, 6) is 4.61. The molecule has 3 rings (SSSR count). The average Bonchev–Trinajstić information content (AvgIpc) is 3.11. The van der Waals surface area contributed by atoms with Crippen molar-refractivity contribution in [2.45, 2.75) is 32.2 Å². The van der Waals surface area contributed by atoms with Crippen molar-refractivity contribution in [3.05, 3.63) is 17.7 Å². The van der Waals surface area contributed by atoms with Crippen LogP contribution in [-0.4, -0.2) is 52.3 Å². The molecule has 1 saturated heterocycles. The number of benzene rings is 1. The summed E-state index contributed by atoms with van der Waals surface area (Å²) in [7, 11) is 6.76. The summed E-state index contributed by atoms with van der Waals surface area (Å²) in [5, 5.41) is 3.50. The van der Waals surface area contributed by atoms with Gasteiger partial charge in [0.05, 0.1) is 21.3 Å². The number of rotatable bonds is 5. The molecule has 0 radical (unpaired) electrons. The number of nitrogens with one attached hydrogen (secondary N) is 1. The van der Waals surface area contributed by atoms with Gasteiger partial charge in [-0.3, -0.25) is 4.99 Å². The zero-order valence-electron chi connectivity index (χ0n) is 16.8. The fourth-order valence-electron chi connectivity index (χ4n) is 4.33. The molecule has 6 nitrogen and oxygen atoms in total. The van der Waals surface area contributed by atoms with Crippen molar-refractivity contribution in [2.24, 2.45) is 16.8 Å². The molecule has 1 aromatic rings. The van der Waals surface area contributed by atoms with E-state index >= 15 is 0 Å². The summed E-state index contributed by atoms with van der Waals surface area (Å²) in [5.41, 5.74) is 1.07. The highest BCUT2D eigenvalue weighted by atomic mass is 127. The number of hydrogen-bond acceptors (Lipinski definition) is 4. The number of nitrogens with zero attached hydrogens (tertiary/aromatic N) is 2. The molecular formula is C20H32IN3O3. The second kappa shape index (κ2) is 10.2. The van der Waals surface area contributed by atoms with Gasteiger partial charge in [0.2, 0.25) is 5.75 Å². The fourth-order valence-corrected chi connectivity index (χ4v) is 4.33. The third kappa shape index (κ3) is 4.92. The first-order valence-corrected chi connectivity index (χ1v) is 9.44. The fraction of sp³-hybridized carbons (Fsp3) is 0.650. The van der Waals surface area contributed by atoms with Crippen molar-refractivity contribution in [3.8, 4) is 17.2 Å². The molecule has 2 aliphatic rings. The number of fused-ring (bicyclic) bond motifs is 1. The average molecular weight is 489 g/mol. The maximum absolute atomic E-state index is 5.44. The Hall–Kier alpha value is -1.38. The van der Waals surface area contributed by atoms with E-state index in [2.05, 4.69) is 15.2 Å². The van der Waals surface area contributed by atoms with Gasteiger partial charge < -0.3 is 24.4 Å². The van der Waals surface area contributed by atoms with Gasteiger partial charge in [0.1, 0.15) is 0 Å². The lowest BCUT2D eigenvalue weighted by molar-refractivity contribution is 0.299. The van der Waals surface area contributed by atoms with Gasteiger partial charge in [-0.05, 0) is 42.4 Å². The van der Waals surface area contributed by atoms with E-state index in [0.29, 0.717) is 23.8 Å². The van der Waals surface area contributed by atoms with Gasteiger partial charge in [-0.2, -0.15) is 0 Å². The number of halogens is 1. The van der Waals surface area contributed by atoms with Crippen LogP contribution in [0.4, 0.5) is 0 Å². The van der Waals surface area contributed by atoms with E-state index in [1.54, 1.807) is 21.3 Å². The normalized spacial score (nSPS) is 21.9. The van der Waals surface area contributed by atoms with Gasteiger partial charge >= 0.3 is 0 Å². The molecule has 1 saturated carbocycles. The van der Waals surface area contributed by atoms with E-state index < -0.39 is 0 Å². The molecule has 0 bridgehead atoms. The molecular weight excluding hydrogens is 457 g/mol. The molecule has 0 spiro atoms. The number of aliphatic imine (C=N–C) groups is 1. The highest BCUT2D eigenvalue weighted by molar-refractivity contribution is 14.0. The summed E-state index contributed by atoms with van der Waals surface area (Å²) in [6.07, 6.45) is 5.50. The molecule has 2 unspecified atom stereocenters.